The summed E-state index contributed by atoms with van der Waals surface area (Å²) in [6, 6.07) is 11.5. The molecule has 2 aromatic rings. The third kappa shape index (κ3) is 5.06. The van der Waals surface area contributed by atoms with Gasteiger partial charge in [-0.2, -0.15) is 4.31 Å². The molecule has 1 N–H and O–H groups in total. The van der Waals surface area contributed by atoms with Crippen LogP contribution in [0.2, 0.25) is 0 Å². The molecule has 0 radical (unpaired) electrons. The zero-order valence-corrected chi connectivity index (χ0v) is 18.2. The van der Waals surface area contributed by atoms with Crippen LogP contribution in [0.4, 0.5) is 10.1 Å². The van der Waals surface area contributed by atoms with E-state index >= 15 is 0 Å². The number of benzene rings is 2. The lowest BCUT2D eigenvalue weighted by Gasteiger charge is -2.23. The fourth-order valence-corrected chi connectivity index (χ4v) is 4.43. The number of halogens is 1. The molecule has 0 spiro atoms. The predicted octanol–water partition coefficient (Wildman–Crippen LogP) is 3.99. The molecule has 0 aliphatic heterocycles. The second kappa shape index (κ2) is 9.45. The number of rotatable bonds is 7. The van der Waals surface area contributed by atoms with Crippen molar-refractivity contribution in [2.45, 2.75) is 32.2 Å². The van der Waals surface area contributed by atoms with Gasteiger partial charge in [0.15, 0.2) is 5.11 Å². The van der Waals surface area contributed by atoms with Crippen molar-refractivity contribution in [3.8, 4) is 0 Å². The van der Waals surface area contributed by atoms with Crippen LogP contribution in [0.5, 0.6) is 0 Å². The topological polar surface area (TPSA) is 52.7 Å². The van der Waals surface area contributed by atoms with Crippen LogP contribution in [0.25, 0.3) is 0 Å². The van der Waals surface area contributed by atoms with Crippen LogP contribution in [-0.2, 0) is 16.6 Å². The molecule has 0 heterocycles. The van der Waals surface area contributed by atoms with Gasteiger partial charge < -0.3 is 10.2 Å². The van der Waals surface area contributed by atoms with Crippen LogP contribution in [-0.4, -0.2) is 42.9 Å². The fraction of sp³-hybridized carbons (Fsp3) is 0.350. The Morgan fingerprint density at radius 2 is 1.79 bits per heavy atom. The first-order valence-corrected chi connectivity index (χ1v) is 10.9. The smallest absolute Gasteiger partial charge is 0.243 e. The number of nitrogens with one attached hydrogen (secondary N) is 1. The molecule has 28 heavy (non-hydrogen) atoms. The maximum Gasteiger partial charge on any atom is 0.243 e. The van der Waals surface area contributed by atoms with Crippen LogP contribution < -0.4 is 5.32 Å². The molecule has 152 valence electrons. The number of aryl methyl sites for hydroxylation is 1. The Kier molecular flexibility index (Phi) is 7.51. The summed E-state index contributed by atoms with van der Waals surface area (Å²) in [5.41, 5.74) is 2.00. The van der Waals surface area contributed by atoms with Crippen molar-refractivity contribution < 1.29 is 12.8 Å². The summed E-state index contributed by atoms with van der Waals surface area (Å²) in [6.45, 7) is 6.59. The monoisotopic (exact) mass is 423 g/mol. The highest BCUT2D eigenvalue weighted by Crippen LogP contribution is 2.23. The van der Waals surface area contributed by atoms with Gasteiger partial charge in [0, 0.05) is 37.9 Å². The molecule has 0 aliphatic carbocycles. The van der Waals surface area contributed by atoms with Crippen molar-refractivity contribution >= 4 is 33.0 Å². The summed E-state index contributed by atoms with van der Waals surface area (Å²) < 4.78 is 40.8. The van der Waals surface area contributed by atoms with Crippen LogP contribution in [0.1, 0.15) is 25.0 Å². The quantitative estimate of drug-likeness (QED) is 0.683. The van der Waals surface area contributed by atoms with E-state index < -0.39 is 10.0 Å². The van der Waals surface area contributed by atoms with Crippen molar-refractivity contribution in [3.63, 3.8) is 0 Å². The molecule has 0 fully saturated rings. The molecule has 0 atom stereocenters. The van der Waals surface area contributed by atoms with E-state index in [1.54, 1.807) is 62.2 Å². The van der Waals surface area contributed by atoms with Gasteiger partial charge in [0.25, 0.3) is 0 Å². The lowest BCUT2D eigenvalue weighted by Crippen LogP contribution is -2.32. The first-order chi connectivity index (χ1) is 13.2. The maximum absolute atomic E-state index is 13.9. The number of anilines is 1. The van der Waals surface area contributed by atoms with E-state index in [-0.39, 0.29) is 10.7 Å². The molecule has 0 amide bonds. The van der Waals surface area contributed by atoms with Crippen LogP contribution in [0.3, 0.4) is 0 Å². The Bertz CT molecular complexity index is 944. The Morgan fingerprint density at radius 1 is 1.14 bits per heavy atom. The van der Waals surface area contributed by atoms with Gasteiger partial charge in [-0.05, 0) is 42.9 Å². The standard InChI is InChI=1S/C20H26FN3O2S2/c1-5-24(6-2)28(25,26)17-12-11-15(3)19(13-17)22-20(27)23(4)14-16-9-7-8-10-18(16)21/h7-13H,5-6,14H2,1-4H3,(H,22,27). The van der Waals surface area contributed by atoms with Crippen LogP contribution in [0, 0.1) is 12.7 Å². The molecule has 0 saturated carbocycles. The summed E-state index contributed by atoms with van der Waals surface area (Å²) in [5, 5.41) is 3.47. The Labute approximate surface area is 172 Å². The molecule has 0 aromatic heterocycles. The third-order valence-corrected chi connectivity index (χ3v) is 6.97. The van der Waals surface area contributed by atoms with Gasteiger partial charge in [-0.15, -0.1) is 0 Å². The van der Waals surface area contributed by atoms with Gasteiger partial charge in [-0.3, -0.25) is 0 Å². The fourth-order valence-electron chi connectivity index (χ4n) is 2.77. The summed E-state index contributed by atoms with van der Waals surface area (Å²) in [5.74, 6) is -0.291. The molecule has 0 bridgehead atoms. The number of hydrogen-bond acceptors (Lipinski definition) is 3. The maximum atomic E-state index is 13.9. The predicted molar refractivity (Wildman–Crippen MR) is 115 cm³/mol. The average molecular weight is 424 g/mol. The van der Waals surface area contributed by atoms with Crippen LogP contribution in [0.15, 0.2) is 47.4 Å². The second-order valence-electron chi connectivity index (χ2n) is 6.44. The van der Waals surface area contributed by atoms with Crippen molar-refractivity contribution in [1.29, 1.82) is 0 Å². The van der Waals surface area contributed by atoms with E-state index in [9.17, 15) is 12.8 Å². The van der Waals surface area contributed by atoms with Crippen molar-refractivity contribution in [3.05, 3.63) is 59.4 Å². The van der Waals surface area contributed by atoms with E-state index in [0.717, 1.165) is 5.56 Å². The number of nitrogens with zero attached hydrogens (tertiary/aromatic N) is 2. The van der Waals surface area contributed by atoms with Crippen molar-refractivity contribution in [1.82, 2.24) is 9.21 Å². The first-order valence-electron chi connectivity index (χ1n) is 9.07. The minimum absolute atomic E-state index is 0.212. The molecule has 0 unspecified atom stereocenters. The van der Waals surface area contributed by atoms with Crippen LogP contribution >= 0.6 is 12.2 Å². The molecule has 0 saturated heterocycles. The molecule has 5 nitrogen and oxygen atoms in total. The van der Waals surface area contributed by atoms with Gasteiger partial charge in [-0.1, -0.05) is 38.1 Å². The molecule has 8 heteroatoms. The lowest BCUT2D eigenvalue weighted by atomic mass is 10.2. The SMILES string of the molecule is CCN(CC)S(=O)(=O)c1ccc(C)c(NC(=S)N(C)Cc2ccccc2F)c1. The Balaban J connectivity index is 2.21. The van der Waals surface area contributed by atoms with E-state index in [1.807, 2.05) is 6.92 Å². The van der Waals surface area contributed by atoms with Gasteiger partial charge in [0.05, 0.1) is 4.90 Å². The number of sulfonamides is 1. The molecular weight excluding hydrogens is 397 g/mol. The summed E-state index contributed by atoms with van der Waals surface area (Å²) in [4.78, 5) is 1.92. The molecule has 2 aromatic carbocycles. The van der Waals surface area contributed by atoms with Gasteiger partial charge in [-0.25, -0.2) is 12.8 Å². The largest absolute Gasteiger partial charge is 0.348 e. The summed E-state index contributed by atoms with van der Waals surface area (Å²) in [6.07, 6.45) is 0. The Hall–Kier alpha value is -2.03. The van der Waals surface area contributed by atoms with Crippen molar-refractivity contribution in [2.24, 2.45) is 0 Å². The van der Waals surface area contributed by atoms with Crippen molar-refractivity contribution in [2.75, 3.05) is 25.5 Å². The zero-order chi connectivity index (χ0) is 20.9. The second-order valence-corrected chi connectivity index (χ2v) is 8.77. The normalized spacial score (nSPS) is 11.5. The third-order valence-electron chi connectivity index (χ3n) is 4.51. The first kappa shape index (κ1) is 22.3. The number of thiocarbonyl (C=S) groups is 1. The summed E-state index contributed by atoms with van der Waals surface area (Å²) >= 11 is 5.43. The molecular formula is C20H26FN3O2S2. The lowest BCUT2D eigenvalue weighted by molar-refractivity contribution is 0.445. The highest BCUT2D eigenvalue weighted by atomic mass is 32.2. The average Bonchev–Trinajstić information content (AvgIpc) is 2.65. The highest BCUT2D eigenvalue weighted by molar-refractivity contribution is 7.89. The van der Waals surface area contributed by atoms with E-state index in [4.69, 9.17) is 12.2 Å². The minimum atomic E-state index is -3.56. The molecule has 0 aliphatic rings. The molecule has 2 rings (SSSR count). The highest BCUT2D eigenvalue weighted by Gasteiger charge is 2.22. The number of hydrogen-bond donors (Lipinski definition) is 1. The van der Waals surface area contributed by atoms with E-state index in [0.29, 0.717) is 36.0 Å². The van der Waals surface area contributed by atoms with Gasteiger partial charge in [0.2, 0.25) is 10.0 Å². The summed E-state index contributed by atoms with van der Waals surface area (Å²) in [7, 11) is -1.81. The van der Waals surface area contributed by atoms with E-state index in [2.05, 4.69) is 5.32 Å². The Morgan fingerprint density at radius 3 is 2.39 bits per heavy atom. The minimum Gasteiger partial charge on any atom is -0.348 e. The van der Waals surface area contributed by atoms with Gasteiger partial charge in [0.1, 0.15) is 5.82 Å². The zero-order valence-electron chi connectivity index (χ0n) is 16.6. The van der Waals surface area contributed by atoms with E-state index in [1.165, 1.54) is 10.4 Å². The van der Waals surface area contributed by atoms with Gasteiger partial charge >= 0.3 is 0 Å².